The average molecular weight is 444 g/mol. The summed E-state index contributed by atoms with van der Waals surface area (Å²) < 4.78 is 0. The molecule has 0 bridgehead atoms. The van der Waals surface area contributed by atoms with E-state index in [2.05, 4.69) is 10.6 Å². The molecule has 14 nitrogen and oxygen atoms in total. The number of carbonyl (C=O) groups excluding carboxylic acids is 5. The summed E-state index contributed by atoms with van der Waals surface area (Å²) in [5.41, 5.74) is 15.6. The number of aliphatic hydroxyl groups is 1. The zero-order valence-corrected chi connectivity index (χ0v) is 16.8. The maximum Gasteiger partial charge on any atom is 0.326 e. The first-order valence-electron chi connectivity index (χ1n) is 9.55. The topological polar surface area (TPSA) is 248 Å². The second kappa shape index (κ2) is 11.8. The molecule has 1 aliphatic rings. The van der Waals surface area contributed by atoms with Crippen LogP contribution in [0.4, 0.5) is 0 Å². The van der Waals surface area contributed by atoms with Gasteiger partial charge in [-0.05, 0) is 19.3 Å². The number of nitrogens with zero attached hydrogens (tertiary/aromatic N) is 1. The first kappa shape index (κ1) is 25.8. The van der Waals surface area contributed by atoms with E-state index in [1.165, 1.54) is 4.90 Å². The van der Waals surface area contributed by atoms with Crippen LogP contribution < -0.4 is 27.8 Å². The molecule has 14 heteroatoms. The number of rotatable bonds is 12. The van der Waals surface area contributed by atoms with Gasteiger partial charge in [-0.15, -0.1) is 0 Å². The number of aliphatic carboxylic acids is 1. The fraction of sp³-hybridized carbons (Fsp3) is 0.647. The first-order valence-corrected chi connectivity index (χ1v) is 9.55. The molecule has 0 aliphatic carbocycles. The lowest BCUT2D eigenvalue weighted by Crippen LogP contribution is -2.57. The van der Waals surface area contributed by atoms with E-state index in [9.17, 15) is 33.9 Å². The third-order valence-corrected chi connectivity index (χ3v) is 4.68. The van der Waals surface area contributed by atoms with Gasteiger partial charge in [0, 0.05) is 13.0 Å². The molecular weight excluding hydrogens is 416 g/mol. The number of carboxylic acids is 1. The van der Waals surface area contributed by atoms with Crippen LogP contribution in [0, 0.1) is 0 Å². The van der Waals surface area contributed by atoms with Crippen LogP contribution in [0.25, 0.3) is 0 Å². The number of hydrogen-bond donors (Lipinski definition) is 7. The zero-order valence-electron chi connectivity index (χ0n) is 16.8. The molecule has 0 saturated carbocycles. The third kappa shape index (κ3) is 7.82. The molecule has 4 atom stereocenters. The second-order valence-electron chi connectivity index (χ2n) is 7.11. The number of likely N-dealkylation sites (tertiary alicyclic amines) is 1. The lowest BCUT2D eigenvalue weighted by Gasteiger charge is -2.28. The average Bonchev–Trinajstić information content (AvgIpc) is 3.18. The molecule has 0 spiro atoms. The van der Waals surface area contributed by atoms with Crippen molar-refractivity contribution in [1.82, 2.24) is 15.5 Å². The largest absolute Gasteiger partial charge is 0.480 e. The predicted molar refractivity (Wildman–Crippen MR) is 104 cm³/mol. The van der Waals surface area contributed by atoms with Crippen LogP contribution in [0.2, 0.25) is 0 Å². The van der Waals surface area contributed by atoms with Crippen molar-refractivity contribution in [3.8, 4) is 0 Å². The third-order valence-electron chi connectivity index (χ3n) is 4.68. The van der Waals surface area contributed by atoms with E-state index in [-0.39, 0.29) is 25.8 Å². The van der Waals surface area contributed by atoms with E-state index in [0.29, 0.717) is 6.42 Å². The molecule has 1 fully saturated rings. The van der Waals surface area contributed by atoms with E-state index in [4.69, 9.17) is 22.3 Å². The van der Waals surface area contributed by atoms with Gasteiger partial charge in [0.15, 0.2) is 0 Å². The van der Waals surface area contributed by atoms with Gasteiger partial charge < -0.3 is 42.9 Å². The van der Waals surface area contributed by atoms with Crippen molar-refractivity contribution in [3.63, 3.8) is 0 Å². The van der Waals surface area contributed by atoms with Crippen LogP contribution in [0.1, 0.15) is 32.1 Å². The molecule has 1 heterocycles. The van der Waals surface area contributed by atoms with Gasteiger partial charge in [0.1, 0.15) is 24.2 Å². The summed E-state index contributed by atoms with van der Waals surface area (Å²) in [7, 11) is 0. The van der Waals surface area contributed by atoms with E-state index >= 15 is 0 Å². The van der Waals surface area contributed by atoms with Gasteiger partial charge in [0.05, 0.1) is 13.0 Å². The Bertz CT molecular complexity index is 729. The molecule has 5 amide bonds. The van der Waals surface area contributed by atoms with Gasteiger partial charge in [0.2, 0.25) is 29.5 Å². The SMILES string of the molecule is NC(=O)CCC(NC(=O)C(CC(N)=O)NC(=O)C1CCCN1C(=O)C(N)CO)C(=O)O. The quantitative estimate of drug-likeness (QED) is 0.153. The predicted octanol–water partition coefficient (Wildman–Crippen LogP) is -4.51. The zero-order chi connectivity index (χ0) is 23.7. The molecule has 0 aromatic rings. The van der Waals surface area contributed by atoms with Crippen LogP contribution >= 0.6 is 0 Å². The lowest BCUT2D eigenvalue weighted by atomic mass is 10.1. The molecule has 1 saturated heterocycles. The Labute approximate surface area is 177 Å². The Morgan fingerprint density at radius 3 is 2.19 bits per heavy atom. The number of carboxylic acid groups (broad SMARTS) is 1. The molecule has 0 aromatic heterocycles. The molecule has 174 valence electrons. The first-order chi connectivity index (χ1) is 14.5. The Balaban J connectivity index is 2.90. The van der Waals surface area contributed by atoms with Crippen molar-refractivity contribution < 1.29 is 39.0 Å². The number of nitrogens with one attached hydrogen (secondary N) is 2. The molecule has 31 heavy (non-hydrogen) atoms. The minimum absolute atomic E-state index is 0.214. The van der Waals surface area contributed by atoms with Crippen molar-refractivity contribution in [2.45, 2.75) is 56.3 Å². The molecule has 0 aromatic carbocycles. The van der Waals surface area contributed by atoms with Crippen LogP contribution in [0.5, 0.6) is 0 Å². The smallest absolute Gasteiger partial charge is 0.326 e. The summed E-state index contributed by atoms with van der Waals surface area (Å²) in [4.78, 5) is 72.2. The van der Waals surface area contributed by atoms with Gasteiger partial charge in [-0.25, -0.2) is 4.79 Å². The van der Waals surface area contributed by atoms with Crippen LogP contribution in [0.15, 0.2) is 0 Å². The Kier molecular flexibility index (Phi) is 9.82. The number of primary amides is 2. The van der Waals surface area contributed by atoms with E-state index < -0.39 is 72.7 Å². The van der Waals surface area contributed by atoms with Crippen molar-refractivity contribution in [2.24, 2.45) is 17.2 Å². The molecule has 1 rings (SSSR count). The normalized spacial score (nSPS) is 18.5. The van der Waals surface area contributed by atoms with Crippen molar-refractivity contribution in [3.05, 3.63) is 0 Å². The standard InChI is InChI=1S/C17H28N6O8/c18-8(7-24)16(29)23-5-1-2-11(23)15(28)22-10(6-13(20)26)14(27)21-9(17(30)31)3-4-12(19)25/h8-11,24H,1-7,18H2,(H2,19,25)(H2,20,26)(H,21,27)(H,22,28)(H,30,31). The van der Waals surface area contributed by atoms with Crippen molar-refractivity contribution >= 4 is 35.5 Å². The molecule has 0 radical (unpaired) electrons. The highest BCUT2D eigenvalue weighted by atomic mass is 16.4. The lowest BCUT2D eigenvalue weighted by molar-refractivity contribution is -0.143. The summed E-state index contributed by atoms with van der Waals surface area (Å²) in [6.07, 6.45) is -0.498. The van der Waals surface area contributed by atoms with Gasteiger partial charge in [0.25, 0.3) is 0 Å². The molecular formula is C17H28N6O8. The molecule has 4 unspecified atom stereocenters. The summed E-state index contributed by atoms with van der Waals surface area (Å²) in [5.74, 6) is -5.56. The fourth-order valence-corrected chi connectivity index (χ4v) is 3.09. The maximum atomic E-state index is 12.7. The van der Waals surface area contributed by atoms with Crippen molar-refractivity contribution in [2.75, 3.05) is 13.2 Å². The van der Waals surface area contributed by atoms with Crippen LogP contribution in [0.3, 0.4) is 0 Å². The van der Waals surface area contributed by atoms with Crippen LogP contribution in [-0.4, -0.2) is 87.9 Å². The monoisotopic (exact) mass is 444 g/mol. The number of aliphatic hydroxyl groups excluding tert-OH is 1. The minimum atomic E-state index is -1.51. The maximum absolute atomic E-state index is 12.7. The number of amides is 5. The Hall–Kier alpha value is -3.26. The number of nitrogens with two attached hydrogens (primary N) is 3. The summed E-state index contributed by atoms with van der Waals surface area (Å²) in [6, 6.07) is -5.19. The number of hydrogen-bond acceptors (Lipinski definition) is 8. The van der Waals surface area contributed by atoms with E-state index in [1.54, 1.807) is 0 Å². The van der Waals surface area contributed by atoms with Gasteiger partial charge in [-0.2, -0.15) is 0 Å². The van der Waals surface area contributed by atoms with Gasteiger partial charge >= 0.3 is 5.97 Å². The van der Waals surface area contributed by atoms with Crippen molar-refractivity contribution in [1.29, 1.82) is 0 Å². The summed E-state index contributed by atoms with van der Waals surface area (Å²) in [5, 5.41) is 22.7. The molecule has 10 N–H and O–H groups in total. The van der Waals surface area contributed by atoms with Gasteiger partial charge in [-0.1, -0.05) is 0 Å². The highest BCUT2D eigenvalue weighted by molar-refractivity contribution is 5.96. The number of carbonyl (C=O) groups is 6. The summed E-state index contributed by atoms with van der Waals surface area (Å²) >= 11 is 0. The highest BCUT2D eigenvalue weighted by Gasteiger charge is 2.38. The fourth-order valence-electron chi connectivity index (χ4n) is 3.09. The highest BCUT2D eigenvalue weighted by Crippen LogP contribution is 2.18. The van der Waals surface area contributed by atoms with E-state index in [0.717, 1.165) is 0 Å². The minimum Gasteiger partial charge on any atom is -0.480 e. The van der Waals surface area contributed by atoms with E-state index in [1.807, 2.05) is 0 Å². The molecule has 1 aliphatic heterocycles. The Morgan fingerprint density at radius 1 is 1.03 bits per heavy atom. The second-order valence-corrected chi connectivity index (χ2v) is 7.11. The Morgan fingerprint density at radius 2 is 1.68 bits per heavy atom. The van der Waals surface area contributed by atoms with Crippen LogP contribution in [-0.2, 0) is 28.8 Å². The van der Waals surface area contributed by atoms with Gasteiger partial charge in [-0.3, -0.25) is 24.0 Å². The summed E-state index contributed by atoms with van der Waals surface area (Å²) in [6.45, 7) is -0.399.